The number of hydrogen-bond acceptors (Lipinski definition) is 3. The lowest BCUT2D eigenvalue weighted by Crippen LogP contribution is -2.33. The van der Waals surface area contributed by atoms with Crippen LogP contribution in [0.4, 0.5) is 0 Å². The van der Waals surface area contributed by atoms with Crippen LogP contribution in [0.15, 0.2) is 23.1 Å². The molecule has 0 aromatic heterocycles. The molecule has 106 valence electrons. The van der Waals surface area contributed by atoms with Crippen molar-refractivity contribution < 1.29 is 8.42 Å². The molecule has 2 rings (SSSR count). The average molecular weight is 303 g/mol. The lowest BCUT2D eigenvalue weighted by molar-refractivity contribution is 0.403. The van der Waals surface area contributed by atoms with Crippen molar-refractivity contribution in [1.29, 1.82) is 0 Å². The molecule has 2 N–H and O–H groups in total. The van der Waals surface area contributed by atoms with Crippen molar-refractivity contribution in [3.05, 3.63) is 28.8 Å². The SMILES string of the molecule is CCCN(C1CC1)S(=O)(=O)c1ccc(Cl)c(CN)c1. The quantitative estimate of drug-likeness (QED) is 0.877. The Morgan fingerprint density at radius 3 is 2.63 bits per heavy atom. The lowest BCUT2D eigenvalue weighted by Gasteiger charge is -2.21. The molecule has 6 heteroatoms. The molecular formula is C13H19ClN2O2S. The summed E-state index contributed by atoms with van der Waals surface area (Å²) in [5, 5.41) is 0.509. The maximum Gasteiger partial charge on any atom is 0.243 e. The molecular weight excluding hydrogens is 284 g/mol. The zero-order valence-corrected chi connectivity index (χ0v) is 12.5. The van der Waals surface area contributed by atoms with Crippen LogP contribution in [0.3, 0.4) is 0 Å². The Morgan fingerprint density at radius 1 is 1.42 bits per heavy atom. The van der Waals surface area contributed by atoms with Crippen molar-refractivity contribution in [2.24, 2.45) is 5.73 Å². The smallest absolute Gasteiger partial charge is 0.243 e. The Hall–Kier alpha value is -0.620. The molecule has 0 bridgehead atoms. The van der Waals surface area contributed by atoms with Gasteiger partial charge in [-0.1, -0.05) is 18.5 Å². The fourth-order valence-corrected chi connectivity index (χ4v) is 4.11. The fraction of sp³-hybridized carbons (Fsp3) is 0.538. The van der Waals surface area contributed by atoms with Gasteiger partial charge in [-0.2, -0.15) is 4.31 Å². The highest BCUT2D eigenvalue weighted by Crippen LogP contribution is 2.33. The molecule has 0 radical (unpaired) electrons. The van der Waals surface area contributed by atoms with Crippen LogP contribution < -0.4 is 5.73 Å². The van der Waals surface area contributed by atoms with Gasteiger partial charge in [0.2, 0.25) is 10.0 Å². The first-order valence-electron chi connectivity index (χ1n) is 6.51. The predicted molar refractivity (Wildman–Crippen MR) is 76.5 cm³/mol. The van der Waals surface area contributed by atoms with E-state index in [2.05, 4.69) is 0 Å². The Balaban J connectivity index is 2.37. The second-order valence-corrected chi connectivity index (χ2v) is 7.10. The van der Waals surface area contributed by atoms with Gasteiger partial charge >= 0.3 is 0 Å². The third-order valence-electron chi connectivity index (χ3n) is 3.24. The molecule has 1 aliphatic carbocycles. The van der Waals surface area contributed by atoms with E-state index >= 15 is 0 Å². The van der Waals surface area contributed by atoms with Crippen molar-refractivity contribution >= 4 is 21.6 Å². The van der Waals surface area contributed by atoms with Crippen LogP contribution in [0.5, 0.6) is 0 Å². The van der Waals surface area contributed by atoms with E-state index in [9.17, 15) is 8.42 Å². The first-order chi connectivity index (χ1) is 9.00. The van der Waals surface area contributed by atoms with Gasteiger partial charge in [0.15, 0.2) is 0 Å². The van der Waals surface area contributed by atoms with Crippen molar-refractivity contribution in [2.45, 2.75) is 43.7 Å². The minimum atomic E-state index is -3.43. The van der Waals surface area contributed by atoms with E-state index in [1.54, 1.807) is 22.5 Å². The van der Waals surface area contributed by atoms with Crippen LogP contribution >= 0.6 is 11.6 Å². The van der Waals surface area contributed by atoms with Crippen molar-refractivity contribution in [3.8, 4) is 0 Å². The molecule has 0 amide bonds. The van der Waals surface area contributed by atoms with E-state index in [0.717, 1.165) is 19.3 Å². The average Bonchev–Trinajstić information content (AvgIpc) is 3.20. The lowest BCUT2D eigenvalue weighted by atomic mass is 10.2. The van der Waals surface area contributed by atoms with Crippen LogP contribution in [0.1, 0.15) is 31.7 Å². The zero-order valence-electron chi connectivity index (χ0n) is 11.0. The van der Waals surface area contributed by atoms with Crippen molar-refractivity contribution in [2.75, 3.05) is 6.54 Å². The summed E-state index contributed by atoms with van der Waals surface area (Å²) in [5.41, 5.74) is 6.24. The Morgan fingerprint density at radius 2 is 2.11 bits per heavy atom. The number of halogens is 1. The molecule has 0 saturated heterocycles. The van der Waals surface area contributed by atoms with E-state index in [1.807, 2.05) is 6.92 Å². The van der Waals surface area contributed by atoms with Gasteiger partial charge in [-0.25, -0.2) is 8.42 Å². The summed E-state index contributed by atoms with van der Waals surface area (Å²) in [6.07, 6.45) is 2.72. The molecule has 1 aromatic rings. The molecule has 0 spiro atoms. The summed E-state index contributed by atoms with van der Waals surface area (Å²) in [4.78, 5) is 0.290. The molecule has 1 aliphatic rings. The standard InChI is InChI=1S/C13H19ClN2O2S/c1-2-7-16(11-3-4-11)19(17,18)12-5-6-13(14)10(8-12)9-15/h5-6,8,11H,2-4,7,9,15H2,1H3. The van der Waals surface area contributed by atoms with Gasteiger partial charge in [0.05, 0.1) is 4.90 Å². The van der Waals surface area contributed by atoms with Gasteiger partial charge in [0, 0.05) is 24.2 Å². The first kappa shape index (κ1) is 14.8. The highest BCUT2D eigenvalue weighted by molar-refractivity contribution is 7.89. The Labute approximate surface area is 119 Å². The van der Waals surface area contributed by atoms with E-state index in [0.29, 0.717) is 17.1 Å². The molecule has 0 aliphatic heterocycles. The van der Waals surface area contributed by atoms with Crippen molar-refractivity contribution in [1.82, 2.24) is 4.31 Å². The first-order valence-corrected chi connectivity index (χ1v) is 8.32. The topological polar surface area (TPSA) is 63.4 Å². The number of nitrogens with zero attached hydrogens (tertiary/aromatic N) is 1. The largest absolute Gasteiger partial charge is 0.326 e. The molecule has 0 atom stereocenters. The fourth-order valence-electron chi connectivity index (χ4n) is 2.09. The summed E-state index contributed by atoms with van der Waals surface area (Å²) < 4.78 is 26.9. The second-order valence-electron chi connectivity index (χ2n) is 4.80. The third kappa shape index (κ3) is 3.11. The van der Waals surface area contributed by atoms with Crippen LogP contribution in [0.2, 0.25) is 5.02 Å². The molecule has 0 heterocycles. The van der Waals surface area contributed by atoms with Gasteiger partial charge in [-0.15, -0.1) is 0 Å². The Bertz CT molecular complexity index is 556. The number of nitrogens with two attached hydrogens (primary N) is 1. The summed E-state index contributed by atoms with van der Waals surface area (Å²) in [5.74, 6) is 0. The number of sulfonamides is 1. The van der Waals surface area contributed by atoms with Crippen LogP contribution in [-0.2, 0) is 16.6 Å². The molecule has 19 heavy (non-hydrogen) atoms. The zero-order chi connectivity index (χ0) is 14.0. The summed E-state index contributed by atoms with van der Waals surface area (Å²) >= 11 is 5.97. The second kappa shape index (κ2) is 5.79. The summed E-state index contributed by atoms with van der Waals surface area (Å²) in [7, 11) is -3.43. The highest BCUT2D eigenvalue weighted by atomic mass is 35.5. The van der Waals surface area contributed by atoms with E-state index in [-0.39, 0.29) is 17.5 Å². The monoisotopic (exact) mass is 302 g/mol. The minimum absolute atomic E-state index is 0.168. The predicted octanol–water partition coefficient (Wildman–Crippen LogP) is 2.36. The maximum absolute atomic E-state index is 12.6. The highest BCUT2D eigenvalue weighted by Gasteiger charge is 2.37. The number of rotatable bonds is 6. The third-order valence-corrected chi connectivity index (χ3v) is 5.56. The molecule has 1 saturated carbocycles. The van der Waals surface area contributed by atoms with E-state index in [4.69, 9.17) is 17.3 Å². The normalized spacial score (nSPS) is 16.0. The van der Waals surface area contributed by atoms with Gasteiger partial charge in [-0.3, -0.25) is 0 Å². The number of benzene rings is 1. The van der Waals surface area contributed by atoms with Gasteiger partial charge < -0.3 is 5.73 Å². The van der Waals surface area contributed by atoms with E-state index < -0.39 is 10.0 Å². The van der Waals surface area contributed by atoms with Crippen LogP contribution in [0, 0.1) is 0 Å². The molecule has 1 fully saturated rings. The number of hydrogen-bond donors (Lipinski definition) is 1. The molecule has 4 nitrogen and oxygen atoms in total. The summed E-state index contributed by atoms with van der Waals surface area (Å²) in [6, 6.07) is 4.92. The van der Waals surface area contributed by atoms with Crippen LogP contribution in [0.25, 0.3) is 0 Å². The minimum Gasteiger partial charge on any atom is -0.326 e. The van der Waals surface area contributed by atoms with E-state index in [1.165, 1.54) is 0 Å². The Kier molecular flexibility index (Phi) is 4.50. The summed E-state index contributed by atoms with van der Waals surface area (Å²) in [6.45, 7) is 2.78. The molecule has 1 aromatic carbocycles. The van der Waals surface area contributed by atoms with Gasteiger partial charge in [0.25, 0.3) is 0 Å². The molecule has 0 unspecified atom stereocenters. The van der Waals surface area contributed by atoms with Gasteiger partial charge in [-0.05, 0) is 43.0 Å². The van der Waals surface area contributed by atoms with Crippen molar-refractivity contribution in [3.63, 3.8) is 0 Å². The van der Waals surface area contributed by atoms with Gasteiger partial charge in [0.1, 0.15) is 0 Å². The maximum atomic E-state index is 12.6. The van der Waals surface area contributed by atoms with Crippen LogP contribution in [-0.4, -0.2) is 25.3 Å².